The summed E-state index contributed by atoms with van der Waals surface area (Å²) in [4.78, 5) is 4.48. The number of nitrogens with one attached hydrogen (secondary N) is 2. The number of tetrazole rings is 1. The lowest BCUT2D eigenvalue weighted by Crippen LogP contribution is -2.29. The zero-order valence-corrected chi connectivity index (χ0v) is 14.9. The number of hydrogen-bond acceptors (Lipinski definition) is 8. The Labute approximate surface area is 159 Å². The Morgan fingerprint density at radius 2 is 1.93 bits per heavy atom. The number of aromatic nitrogens is 9. The molecule has 1 aromatic carbocycles. The molecule has 3 aromatic heterocycles. The van der Waals surface area contributed by atoms with Crippen molar-refractivity contribution < 1.29 is 4.74 Å². The Morgan fingerprint density at radius 3 is 2.71 bits per heavy atom. The molecule has 1 saturated heterocycles. The Kier molecular flexibility index (Phi) is 4.26. The summed E-state index contributed by atoms with van der Waals surface area (Å²) >= 11 is 0. The summed E-state index contributed by atoms with van der Waals surface area (Å²) in [5.74, 6) is 1.36. The number of imidazole rings is 1. The second-order valence-electron chi connectivity index (χ2n) is 6.48. The minimum atomic E-state index is 0.172. The van der Waals surface area contributed by atoms with Crippen LogP contribution in [-0.2, 0) is 0 Å². The van der Waals surface area contributed by atoms with Crippen molar-refractivity contribution >= 4 is 0 Å². The molecule has 11 nitrogen and oxygen atoms in total. The van der Waals surface area contributed by atoms with Crippen LogP contribution in [0.1, 0.15) is 18.9 Å². The molecule has 0 unspecified atom stereocenters. The second kappa shape index (κ2) is 7.19. The average molecular weight is 378 g/mol. The Morgan fingerprint density at radius 1 is 1.07 bits per heavy atom. The molecule has 0 spiro atoms. The highest BCUT2D eigenvalue weighted by atomic mass is 16.5. The first-order valence-corrected chi connectivity index (χ1v) is 9.05. The van der Waals surface area contributed by atoms with Gasteiger partial charge in [-0.2, -0.15) is 5.21 Å². The van der Waals surface area contributed by atoms with Gasteiger partial charge in [0.05, 0.1) is 12.2 Å². The maximum atomic E-state index is 5.50. The number of benzene rings is 1. The standard InChI is InChI=1S/C17H18N10O/c1-3-14(28-17-21-23-24-22-17)4-2-12(1)26-10-9-19-16(26)15-11-27(25-20-15)13-5-7-18-8-6-13/h1-4,9-11,13,18H,5-8H2,(H,21,22,23,24). The van der Waals surface area contributed by atoms with Crippen LogP contribution in [0.15, 0.2) is 42.9 Å². The summed E-state index contributed by atoms with van der Waals surface area (Å²) in [7, 11) is 0. The lowest BCUT2D eigenvalue weighted by atomic mass is 10.1. The van der Waals surface area contributed by atoms with E-state index < -0.39 is 0 Å². The van der Waals surface area contributed by atoms with E-state index in [0.29, 0.717) is 11.8 Å². The van der Waals surface area contributed by atoms with Crippen LogP contribution in [-0.4, -0.2) is 58.3 Å². The minimum absolute atomic E-state index is 0.172. The molecule has 11 heteroatoms. The molecular weight excluding hydrogens is 360 g/mol. The summed E-state index contributed by atoms with van der Waals surface area (Å²) in [6.07, 6.45) is 7.73. The van der Waals surface area contributed by atoms with E-state index in [9.17, 15) is 0 Å². The van der Waals surface area contributed by atoms with Gasteiger partial charge < -0.3 is 10.1 Å². The maximum absolute atomic E-state index is 5.50. The smallest absolute Gasteiger partial charge is 0.361 e. The fraction of sp³-hybridized carbons (Fsp3) is 0.294. The van der Waals surface area contributed by atoms with Crippen molar-refractivity contribution in [2.24, 2.45) is 0 Å². The monoisotopic (exact) mass is 378 g/mol. The van der Waals surface area contributed by atoms with Gasteiger partial charge in [0.15, 0.2) is 5.82 Å². The molecule has 1 aliphatic heterocycles. The molecule has 0 saturated carbocycles. The lowest BCUT2D eigenvalue weighted by Gasteiger charge is -2.22. The largest absolute Gasteiger partial charge is 0.422 e. The third-order valence-electron chi connectivity index (χ3n) is 4.71. The molecule has 0 amide bonds. The van der Waals surface area contributed by atoms with E-state index in [2.05, 4.69) is 41.2 Å². The van der Waals surface area contributed by atoms with Gasteiger partial charge >= 0.3 is 6.01 Å². The number of nitrogens with zero attached hydrogens (tertiary/aromatic N) is 8. The molecule has 0 bridgehead atoms. The van der Waals surface area contributed by atoms with Gasteiger partial charge in [-0.05, 0) is 55.4 Å². The molecule has 28 heavy (non-hydrogen) atoms. The van der Waals surface area contributed by atoms with Gasteiger partial charge in [0, 0.05) is 18.1 Å². The molecule has 0 atom stereocenters. The molecule has 142 valence electrons. The molecule has 4 heterocycles. The molecule has 5 rings (SSSR count). The zero-order chi connectivity index (χ0) is 18.8. The zero-order valence-electron chi connectivity index (χ0n) is 14.9. The van der Waals surface area contributed by atoms with Crippen molar-refractivity contribution in [3.8, 4) is 29.0 Å². The van der Waals surface area contributed by atoms with E-state index in [1.54, 1.807) is 6.20 Å². The Bertz CT molecular complexity index is 1030. The van der Waals surface area contributed by atoms with E-state index in [1.807, 2.05) is 45.9 Å². The normalized spacial score (nSPS) is 15.0. The molecule has 4 aromatic rings. The highest BCUT2D eigenvalue weighted by Crippen LogP contribution is 2.24. The van der Waals surface area contributed by atoms with E-state index in [0.717, 1.165) is 43.1 Å². The number of aromatic amines is 1. The first kappa shape index (κ1) is 16.6. The predicted octanol–water partition coefficient (Wildman–Crippen LogP) is 1.36. The van der Waals surface area contributed by atoms with E-state index in [4.69, 9.17) is 4.74 Å². The quantitative estimate of drug-likeness (QED) is 0.533. The average Bonchev–Trinajstić information content (AvgIpc) is 3.50. The van der Waals surface area contributed by atoms with Gasteiger partial charge in [-0.3, -0.25) is 4.57 Å². The Balaban J connectivity index is 1.38. The van der Waals surface area contributed by atoms with Gasteiger partial charge in [0.2, 0.25) is 0 Å². The fourth-order valence-electron chi connectivity index (χ4n) is 3.31. The molecule has 0 aliphatic carbocycles. The van der Waals surface area contributed by atoms with E-state index in [1.165, 1.54) is 0 Å². The van der Waals surface area contributed by atoms with Crippen LogP contribution in [0, 0.1) is 0 Å². The maximum Gasteiger partial charge on any atom is 0.361 e. The number of ether oxygens (including phenoxy) is 1. The number of H-pyrrole nitrogens is 1. The molecule has 2 N–H and O–H groups in total. The second-order valence-corrected chi connectivity index (χ2v) is 6.48. The van der Waals surface area contributed by atoms with Crippen LogP contribution in [0.25, 0.3) is 17.2 Å². The lowest BCUT2D eigenvalue weighted by molar-refractivity contribution is 0.337. The summed E-state index contributed by atoms with van der Waals surface area (Å²) < 4.78 is 9.43. The van der Waals surface area contributed by atoms with Crippen LogP contribution in [0.5, 0.6) is 11.8 Å². The highest BCUT2D eigenvalue weighted by Gasteiger charge is 2.18. The SMILES string of the molecule is c1cn(-c2ccc(Oc3nn[nH]n3)cc2)c(-c2cn(C3CCNCC3)nn2)n1. The van der Waals surface area contributed by atoms with Gasteiger partial charge in [0.25, 0.3) is 0 Å². The van der Waals surface area contributed by atoms with Crippen molar-refractivity contribution in [1.29, 1.82) is 0 Å². The van der Waals surface area contributed by atoms with Gasteiger partial charge in [0.1, 0.15) is 11.4 Å². The number of hydrogen-bond donors (Lipinski definition) is 2. The third kappa shape index (κ3) is 3.22. The van der Waals surface area contributed by atoms with Crippen LogP contribution < -0.4 is 10.1 Å². The van der Waals surface area contributed by atoms with Crippen molar-refractivity contribution in [3.05, 3.63) is 42.9 Å². The van der Waals surface area contributed by atoms with Crippen molar-refractivity contribution in [2.45, 2.75) is 18.9 Å². The summed E-state index contributed by atoms with van der Waals surface area (Å²) in [6, 6.07) is 8.08. The van der Waals surface area contributed by atoms with Crippen LogP contribution in [0.3, 0.4) is 0 Å². The van der Waals surface area contributed by atoms with E-state index >= 15 is 0 Å². The first-order valence-electron chi connectivity index (χ1n) is 9.05. The molecular formula is C17H18N10O. The van der Waals surface area contributed by atoms with Gasteiger partial charge in [-0.1, -0.05) is 15.4 Å². The summed E-state index contributed by atoms with van der Waals surface area (Å²) in [6.45, 7) is 2.01. The van der Waals surface area contributed by atoms with Crippen LogP contribution in [0.4, 0.5) is 0 Å². The highest BCUT2D eigenvalue weighted by molar-refractivity contribution is 5.53. The van der Waals surface area contributed by atoms with Crippen molar-refractivity contribution in [3.63, 3.8) is 0 Å². The summed E-state index contributed by atoms with van der Waals surface area (Å²) in [5.41, 5.74) is 1.68. The van der Waals surface area contributed by atoms with Gasteiger partial charge in [-0.15, -0.1) is 5.10 Å². The predicted molar refractivity (Wildman–Crippen MR) is 98.0 cm³/mol. The summed E-state index contributed by atoms with van der Waals surface area (Å²) in [5, 5.41) is 25.4. The molecule has 0 radical (unpaired) electrons. The fourth-order valence-corrected chi connectivity index (χ4v) is 3.31. The molecule has 1 fully saturated rings. The van der Waals surface area contributed by atoms with E-state index in [-0.39, 0.29) is 6.01 Å². The topological polar surface area (TPSA) is 124 Å². The Hall–Kier alpha value is -3.60. The van der Waals surface area contributed by atoms with Gasteiger partial charge in [-0.25, -0.2) is 9.67 Å². The van der Waals surface area contributed by atoms with Crippen LogP contribution in [0.2, 0.25) is 0 Å². The van der Waals surface area contributed by atoms with Crippen molar-refractivity contribution in [2.75, 3.05) is 13.1 Å². The number of rotatable bonds is 5. The number of piperidine rings is 1. The van der Waals surface area contributed by atoms with Crippen LogP contribution >= 0.6 is 0 Å². The molecule has 1 aliphatic rings. The van der Waals surface area contributed by atoms with Crippen molar-refractivity contribution in [1.82, 2.24) is 50.5 Å². The third-order valence-corrected chi connectivity index (χ3v) is 4.71. The minimum Gasteiger partial charge on any atom is -0.422 e. The first-order chi connectivity index (χ1) is 13.9.